The van der Waals surface area contributed by atoms with Crippen LogP contribution in [0.1, 0.15) is 41.1 Å². The van der Waals surface area contributed by atoms with Crippen LogP contribution < -0.4 is 5.32 Å². The first kappa shape index (κ1) is 23.2. The Morgan fingerprint density at radius 1 is 0.879 bits per heavy atom. The summed E-state index contributed by atoms with van der Waals surface area (Å²) in [6.45, 7) is 2.78. The molecule has 5 nitrogen and oxygen atoms in total. The molecule has 1 amide bonds. The van der Waals surface area contributed by atoms with E-state index in [0.29, 0.717) is 25.9 Å². The van der Waals surface area contributed by atoms with Crippen LogP contribution >= 0.6 is 0 Å². The molecule has 1 heterocycles. The summed E-state index contributed by atoms with van der Waals surface area (Å²) in [5.74, 6) is -0.233. The van der Waals surface area contributed by atoms with Gasteiger partial charge in [0.05, 0.1) is 11.8 Å². The molecule has 1 fully saturated rings. The van der Waals surface area contributed by atoms with Gasteiger partial charge in [0.2, 0.25) is 15.9 Å². The fourth-order valence-electron chi connectivity index (χ4n) is 4.30. The van der Waals surface area contributed by atoms with Gasteiger partial charge in [-0.3, -0.25) is 4.79 Å². The van der Waals surface area contributed by atoms with Crippen LogP contribution in [0, 0.1) is 12.8 Å². The van der Waals surface area contributed by atoms with Gasteiger partial charge in [-0.25, -0.2) is 12.7 Å². The van der Waals surface area contributed by atoms with Crippen LogP contribution in [-0.2, 0) is 20.6 Å². The molecule has 1 saturated heterocycles. The second-order valence-corrected chi connectivity index (χ2v) is 10.6. The Morgan fingerprint density at radius 3 is 2.03 bits per heavy atom. The van der Waals surface area contributed by atoms with Crippen molar-refractivity contribution in [1.29, 1.82) is 0 Å². The van der Waals surface area contributed by atoms with Crippen LogP contribution in [0.2, 0.25) is 0 Å². The van der Waals surface area contributed by atoms with Gasteiger partial charge in [-0.2, -0.15) is 0 Å². The highest BCUT2D eigenvalue weighted by Gasteiger charge is 2.32. The molecule has 1 N–H and O–H groups in total. The van der Waals surface area contributed by atoms with Gasteiger partial charge in [0.25, 0.3) is 0 Å². The summed E-state index contributed by atoms with van der Waals surface area (Å²) in [5.41, 5.74) is 4.00. The first-order chi connectivity index (χ1) is 15.9. The van der Waals surface area contributed by atoms with Crippen molar-refractivity contribution in [3.63, 3.8) is 0 Å². The predicted molar refractivity (Wildman–Crippen MR) is 131 cm³/mol. The molecule has 0 spiro atoms. The molecule has 33 heavy (non-hydrogen) atoms. The van der Waals surface area contributed by atoms with Crippen LogP contribution in [0.3, 0.4) is 0 Å². The van der Waals surface area contributed by atoms with E-state index in [9.17, 15) is 13.2 Å². The fraction of sp³-hybridized carbons (Fsp3) is 0.296. The lowest BCUT2D eigenvalue weighted by Crippen LogP contribution is -2.44. The third-order valence-corrected chi connectivity index (χ3v) is 8.09. The Balaban J connectivity index is 1.41. The zero-order chi connectivity index (χ0) is 23.3. The van der Waals surface area contributed by atoms with E-state index in [2.05, 4.69) is 5.32 Å². The number of hydrogen-bond donors (Lipinski definition) is 1. The molecular formula is C27H30N2O3S. The molecule has 3 aromatic carbocycles. The lowest BCUT2D eigenvalue weighted by molar-refractivity contribution is -0.126. The molecule has 6 heteroatoms. The van der Waals surface area contributed by atoms with Gasteiger partial charge >= 0.3 is 0 Å². The van der Waals surface area contributed by atoms with Crippen molar-refractivity contribution in [3.8, 4) is 0 Å². The normalized spacial score (nSPS) is 16.3. The molecule has 1 aliphatic heterocycles. The van der Waals surface area contributed by atoms with Gasteiger partial charge in [0.15, 0.2) is 0 Å². The van der Waals surface area contributed by atoms with Crippen LogP contribution in [0.25, 0.3) is 0 Å². The quantitative estimate of drug-likeness (QED) is 0.564. The average molecular weight is 463 g/mol. The lowest BCUT2D eigenvalue weighted by atomic mass is 9.94. The first-order valence-corrected chi connectivity index (χ1v) is 13.0. The lowest BCUT2D eigenvalue weighted by Gasteiger charge is -2.31. The second kappa shape index (κ2) is 10.3. The molecule has 0 bridgehead atoms. The minimum atomic E-state index is -3.40. The van der Waals surface area contributed by atoms with Gasteiger partial charge in [0.1, 0.15) is 0 Å². The molecule has 0 radical (unpaired) electrons. The number of nitrogens with one attached hydrogen (secondary N) is 1. The molecule has 1 atom stereocenters. The Labute approximate surface area is 196 Å². The Hall–Kier alpha value is -2.96. The number of carbonyl (C=O) groups is 1. The van der Waals surface area contributed by atoms with E-state index in [1.165, 1.54) is 9.87 Å². The molecule has 1 aliphatic rings. The minimum Gasteiger partial charge on any atom is -0.345 e. The number of carbonyl (C=O) groups excluding carboxylic acids is 1. The number of rotatable bonds is 7. The number of aryl methyl sites for hydroxylation is 1. The summed E-state index contributed by atoms with van der Waals surface area (Å²) in [4.78, 5) is 13.2. The van der Waals surface area contributed by atoms with Crippen LogP contribution in [0.15, 0.2) is 84.9 Å². The molecule has 0 aliphatic carbocycles. The van der Waals surface area contributed by atoms with Gasteiger partial charge in [-0.1, -0.05) is 90.5 Å². The highest BCUT2D eigenvalue weighted by atomic mass is 32.2. The molecule has 0 saturated carbocycles. The molecule has 1 unspecified atom stereocenters. The van der Waals surface area contributed by atoms with Gasteiger partial charge < -0.3 is 5.32 Å². The van der Waals surface area contributed by atoms with E-state index < -0.39 is 10.0 Å². The van der Waals surface area contributed by atoms with Crippen LogP contribution in [0.5, 0.6) is 0 Å². The van der Waals surface area contributed by atoms with E-state index in [4.69, 9.17) is 0 Å². The Morgan fingerprint density at radius 2 is 1.42 bits per heavy atom. The maximum absolute atomic E-state index is 13.2. The number of hydrogen-bond acceptors (Lipinski definition) is 3. The van der Waals surface area contributed by atoms with Gasteiger partial charge in [0, 0.05) is 19.0 Å². The van der Waals surface area contributed by atoms with Crippen molar-refractivity contribution >= 4 is 15.9 Å². The van der Waals surface area contributed by atoms with Crippen LogP contribution in [-0.4, -0.2) is 31.7 Å². The van der Waals surface area contributed by atoms with E-state index in [-0.39, 0.29) is 23.6 Å². The number of benzene rings is 3. The van der Waals surface area contributed by atoms with E-state index in [1.807, 2.05) is 91.9 Å². The Bertz CT molecular complexity index is 1160. The Kier molecular flexibility index (Phi) is 7.26. The van der Waals surface area contributed by atoms with Crippen molar-refractivity contribution < 1.29 is 13.2 Å². The largest absolute Gasteiger partial charge is 0.345 e. The fourth-order valence-corrected chi connectivity index (χ4v) is 5.86. The maximum Gasteiger partial charge on any atom is 0.223 e. The predicted octanol–water partition coefficient (Wildman–Crippen LogP) is 4.44. The standard InChI is InChI=1S/C27H30N2O3S/c1-21-12-14-24(15-13-21)26(23-10-6-3-7-11-23)28-27(30)25-16-18-29(19-17-25)33(31,32)20-22-8-4-2-5-9-22/h2-15,25-26H,16-20H2,1H3,(H,28,30). The summed E-state index contributed by atoms with van der Waals surface area (Å²) < 4.78 is 27.2. The SMILES string of the molecule is Cc1ccc(C(NC(=O)C2CCN(S(=O)(=O)Cc3ccccc3)CC2)c2ccccc2)cc1. The summed E-state index contributed by atoms with van der Waals surface area (Å²) in [7, 11) is -3.40. The number of nitrogens with zero attached hydrogens (tertiary/aromatic N) is 1. The van der Waals surface area contributed by atoms with Gasteiger partial charge in [-0.15, -0.1) is 0 Å². The summed E-state index contributed by atoms with van der Waals surface area (Å²) in [5, 5.41) is 3.23. The average Bonchev–Trinajstić information content (AvgIpc) is 2.84. The highest BCUT2D eigenvalue weighted by Crippen LogP contribution is 2.26. The monoisotopic (exact) mass is 462 g/mol. The number of sulfonamides is 1. The van der Waals surface area contributed by atoms with Crippen molar-refractivity contribution in [3.05, 3.63) is 107 Å². The van der Waals surface area contributed by atoms with Gasteiger partial charge in [-0.05, 0) is 36.5 Å². The van der Waals surface area contributed by atoms with Crippen molar-refractivity contribution in [2.45, 2.75) is 31.6 Å². The summed E-state index contributed by atoms with van der Waals surface area (Å²) in [6.07, 6.45) is 1.05. The molecule has 3 aromatic rings. The minimum absolute atomic E-state index is 0.00575. The molecule has 0 aromatic heterocycles. The topological polar surface area (TPSA) is 66.5 Å². The number of piperidine rings is 1. The third-order valence-electron chi connectivity index (χ3n) is 6.24. The summed E-state index contributed by atoms with van der Waals surface area (Å²) in [6, 6.07) is 27.1. The third kappa shape index (κ3) is 5.89. The van der Waals surface area contributed by atoms with E-state index in [0.717, 1.165) is 16.7 Å². The van der Waals surface area contributed by atoms with E-state index in [1.54, 1.807) is 0 Å². The zero-order valence-corrected chi connectivity index (χ0v) is 19.7. The maximum atomic E-state index is 13.2. The molecule has 172 valence electrons. The first-order valence-electron chi connectivity index (χ1n) is 11.4. The molecule has 4 rings (SSSR count). The van der Waals surface area contributed by atoms with E-state index >= 15 is 0 Å². The highest BCUT2D eigenvalue weighted by molar-refractivity contribution is 7.88. The van der Waals surface area contributed by atoms with Crippen molar-refractivity contribution in [1.82, 2.24) is 9.62 Å². The zero-order valence-electron chi connectivity index (χ0n) is 18.9. The van der Waals surface area contributed by atoms with Crippen LogP contribution in [0.4, 0.5) is 0 Å². The van der Waals surface area contributed by atoms with Crippen molar-refractivity contribution in [2.24, 2.45) is 5.92 Å². The van der Waals surface area contributed by atoms with Crippen molar-refractivity contribution in [2.75, 3.05) is 13.1 Å². The number of amides is 1. The second-order valence-electron chi connectivity index (χ2n) is 8.68. The smallest absolute Gasteiger partial charge is 0.223 e. The summed E-state index contributed by atoms with van der Waals surface area (Å²) >= 11 is 0. The molecular weight excluding hydrogens is 432 g/mol.